The van der Waals surface area contributed by atoms with E-state index in [1.807, 2.05) is 12.1 Å². The number of methoxy groups -OCH3 is 1. The van der Waals surface area contributed by atoms with Gasteiger partial charge in [0, 0.05) is 16.4 Å². The molecule has 16 heavy (non-hydrogen) atoms. The smallest absolute Gasteiger partial charge is 0.0958 e. The lowest BCUT2D eigenvalue weighted by molar-refractivity contribution is -0.113. The highest BCUT2D eigenvalue weighted by atomic mass is 79.9. The zero-order chi connectivity index (χ0) is 11.5. The normalized spacial score (nSPS) is 28.8. The molecule has 0 aromatic heterocycles. The highest BCUT2D eigenvalue weighted by Gasteiger charge is 2.40. The Hall–Kier alpha value is 0.100. The molecule has 1 aliphatic rings. The van der Waals surface area contributed by atoms with E-state index in [0.717, 1.165) is 10.9 Å². The Morgan fingerprint density at radius 2 is 2.25 bits per heavy atom. The van der Waals surface area contributed by atoms with Gasteiger partial charge in [0.05, 0.1) is 18.8 Å². The number of benzene rings is 1. The molecule has 1 aromatic rings. The van der Waals surface area contributed by atoms with E-state index in [4.69, 9.17) is 9.47 Å². The van der Waals surface area contributed by atoms with Gasteiger partial charge in [0.15, 0.2) is 0 Å². The Morgan fingerprint density at radius 1 is 1.44 bits per heavy atom. The molecule has 2 nitrogen and oxygen atoms in total. The van der Waals surface area contributed by atoms with E-state index in [1.165, 1.54) is 5.56 Å². The summed E-state index contributed by atoms with van der Waals surface area (Å²) in [5, 5.41) is 0. The molecule has 1 saturated carbocycles. The third-order valence-electron chi connectivity index (χ3n) is 2.81. The van der Waals surface area contributed by atoms with Gasteiger partial charge in [0.1, 0.15) is 0 Å². The molecule has 0 aliphatic heterocycles. The van der Waals surface area contributed by atoms with Gasteiger partial charge < -0.3 is 9.47 Å². The molecule has 0 bridgehead atoms. The summed E-state index contributed by atoms with van der Waals surface area (Å²) in [7, 11) is 1.73. The van der Waals surface area contributed by atoms with Crippen LogP contribution in [0.5, 0.6) is 0 Å². The van der Waals surface area contributed by atoms with Crippen LogP contribution in [0.3, 0.4) is 0 Å². The fourth-order valence-electron chi connectivity index (χ4n) is 1.82. The van der Waals surface area contributed by atoms with Crippen molar-refractivity contribution in [2.24, 2.45) is 0 Å². The van der Waals surface area contributed by atoms with Crippen molar-refractivity contribution in [1.29, 1.82) is 0 Å². The molecule has 0 saturated heterocycles. The molecule has 3 unspecified atom stereocenters. The Labute approximate surface area is 113 Å². The first-order valence-electron chi connectivity index (χ1n) is 5.23. The van der Waals surface area contributed by atoms with Crippen molar-refractivity contribution in [1.82, 2.24) is 0 Å². The Bertz CT molecular complexity index is 357. The van der Waals surface area contributed by atoms with Crippen molar-refractivity contribution in [3.8, 4) is 0 Å². The summed E-state index contributed by atoms with van der Waals surface area (Å²) in [6.07, 6.45) is 1.42. The van der Waals surface area contributed by atoms with Crippen molar-refractivity contribution in [3.05, 3.63) is 34.3 Å². The zero-order valence-corrected chi connectivity index (χ0v) is 12.2. The van der Waals surface area contributed by atoms with E-state index in [0.29, 0.717) is 11.4 Å². The Balaban J connectivity index is 1.84. The van der Waals surface area contributed by atoms with Gasteiger partial charge in [-0.1, -0.05) is 44.0 Å². The second kappa shape index (κ2) is 5.63. The number of halogens is 2. The van der Waals surface area contributed by atoms with Crippen molar-refractivity contribution >= 4 is 31.9 Å². The highest BCUT2D eigenvalue weighted by Crippen LogP contribution is 2.33. The molecule has 1 aromatic carbocycles. The molecule has 0 N–H and O–H groups in total. The minimum absolute atomic E-state index is 0.187. The predicted molar refractivity (Wildman–Crippen MR) is 70.8 cm³/mol. The van der Waals surface area contributed by atoms with Gasteiger partial charge in [-0.15, -0.1) is 0 Å². The van der Waals surface area contributed by atoms with Crippen molar-refractivity contribution in [2.45, 2.75) is 30.1 Å². The first-order chi connectivity index (χ1) is 7.70. The van der Waals surface area contributed by atoms with Gasteiger partial charge in [-0.2, -0.15) is 0 Å². The maximum atomic E-state index is 5.82. The topological polar surface area (TPSA) is 18.5 Å². The number of hydrogen-bond acceptors (Lipinski definition) is 2. The summed E-state index contributed by atoms with van der Waals surface area (Å²) in [6.45, 7) is 0.643. The number of rotatable bonds is 4. The van der Waals surface area contributed by atoms with Crippen molar-refractivity contribution in [2.75, 3.05) is 7.11 Å². The molecule has 0 radical (unpaired) electrons. The average molecular weight is 350 g/mol. The summed E-state index contributed by atoms with van der Waals surface area (Å²) in [6, 6.07) is 8.17. The van der Waals surface area contributed by atoms with E-state index in [2.05, 4.69) is 44.0 Å². The molecule has 1 fully saturated rings. The van der Waals surface area contributed by atoms with Crippen LogP contribution in [-0.4, -0.2) is 24.1 Å². The summed E-state index contributed by atoms with van der Waals surface area (Å²) >= 11 is 7.00. The van der Waals surface area contributed by atoms with Gasteiger partial charge in [-0.05, 0) is 24.1 Å². The van der Waals surface area contributed by atoms with Crippen molar-refractivity contribution < 1.29 is 9.47 Å². The Morgan fingerprint density at radius 3 is 2.88 bits per heavy atom. The molecule has 0 spiro atoms. The average Bonchev–Trinajstić information content (AvgIpc) is 2.24. The van der Waals surface area contributed by atoms with Gasteiger partial charge in [-0.25, -0.2) is 0 Å². The van der Waals surface area contributed by atoms with E-state index < -0.39 is 0 Å². The summed E-state index contributed by atoms with van der Waals surface area (Å²) in [5.41, 5.74) is 1.18. The maximum Gasteiger partial charge on any atom is 0.0958 e. The van der Waals surface area contributed by atoms with E-state index in [1.54, 1.807) is 7.11 Å². The zero-order valence-electron chi connectivity index (χ0n) is 9.03. The SMILES string of the molecule is COC1C(Br)CC1OCc1cccc(Br)c1. The van der Waals surface area contributed by atoms with E-state index in [9.17, 15) is 0 Å². The predicted octanol–water partition coefficient (Wildman–Crippen LogP) is 3.52. The van der Waals surface area contributed by atoms with Gasteiger partial charge >= 0.3 is 0 Å². The standard InChI is InChI=1S/C12H14Br2O2/c1-15-12-10(14)6-11(12)16-7-8-3-2-4-9(13)5-8/h2-5,10-12H,6-7H2,1H3. The maximum absolute atomic E-state index is 5.82. The van der Waals surface area contributed by atoms with E-state index >= 15 is 0 Å². The number of alkyl halides is 1. The quantitative estimate of drug-likeness (QED) is 0.774. The molecule has 2 rings (SSSR count). The van der Waals surface area contributed by atoms with Crippen LogP contribution in [0.1, 0.15) is 12.0 Å². The highest BCUT2D eigenvalue weighted by molar-refractivity contribution is 9.10. The van der Waals surface area contributed by atoms with Crippen LogP contribution < -0.4 is 0 Å². The number of ether oxygens (including phenoxy) is 2. The molecular formula is C12H14Br2O2. The molecule has 1 aliphatic carbocycles. The monoisotopic (exact) mass is 348 g/mol. The molecule has 88 valence electrons. The minimum atomic E-state index is 0.187. The lowest BCUT2D eigenvalue weighted by atomic mass is 9.91. The third kappa shape index (κ3) is 2.86. The first-order valence-corrected chi connectivity index (χ1v) is 6.94. The third-order valence-corrected chi connectivity index (χ3v) is 4.19. The van der Waals surface area contributed by atoms with Crippen LogP contribution in [0, 0.1) is 0 Å². The van der Waals surface area contributed by atoms with Crippen LogP contribution in [0.25, 0.3) is 0 Å². The largest absolute Gasteiger partial charge is 0.378 e. The van der Waals surface area contributed by atoms with Gasteiger partial charge in [0.25, 0.3) is 0 Å². The van der Waals surface area contributed by atoms with Crippen LogP contribution in [0.2, 0.25) is 0 Å². The van der Waals surface area contributed by atoms with Crippen molar-refractivity contribution in [3.63, 3.8) is 0 Å². The van der Waals surface area contributed by atoms with Gasteiger partial charge in [-0.3, -0.25) is 0 Å². The molecule has 3 atom stereocenters. The second-order valence-electron chi connectivity index (χ2n) is 3.93. The van der Waals surface area contributed by atoms with Crippen LogP contribution in [0.4, 0.5) is 0 Å². The summed E-state index contributed by atoms with van der Waals surface area (Å²) < 4.78 is 12.2. The van der Waals surface area contributed by atoms with Crippen LogP contribution >= 0.6 is 31.9 Å². The second-order valence-corrected chi connectivity index (χ2v) is 6.02. The molecule has 4 heteroatoms. The molecule has 0 heterocycles. The van der Waals surface area contributed by atoms with Gasteiger partial charge in [0.2, 0.25) is 0 Å². The number of hydrogen-bond donors (Lipinski definition) is 0. The Kier molecular flexibility index (Phi) is 4.41. The fraction of sp³-hybridized carbons (Fsp3) is 0.500. The lowest BCUT2D eigenvalue weighted by Gasteiger charge is -2.40. The fourth-order valence-corrected chi connectivity index (χ4v) is 3.19. The lowest BCUT2D eigenvalue weighted by Crippen LogP contribution is -2.50. The van der Waals surface area contributed by atoms with Crippen LogP contribution in [0.15, 0.2) is 28.7 Å². The summed E-state index contributed by atoms with van der Waals surface area (Å²) in [4.78, 5) is 0.435. The molecular weight excluding hydrogens is 336 g/mol. The summed E-state index contributed by atoms with van der Waals surface area (Å²) in [5.74, 6) is 0. The minimum Gasteiger partial charge on any atom is -0.378 e. The molecule has 0 amide bonds. The van der Waals surface area contributed by atoms with E-state index in [-0.39, 0.29) is 12.2 Å². The van der Waals surface area contributed by atoms with Crippen LogP contribution in [-0.2, 0) is 16.1 Å². The first kappa shape index (κ1) is 12.6.